The third-order valence-corrected chi connectivity index (χ3v) is 3.20. The summed E-state index contributed by atoms with van der Waals surface area (Å²) in [5, 5.41) is 0. The lowest BCUT2D eigenvalue weighted by Gasteiger charge is -2.14. The first kappa shape index (κ1) is 13.7. The van der Waals surface area contributed by atoms with Crippen LogP contribution in [0.4, 0.5) is 8.78 Å². The van der Waals surface area contributed by atoms with E-state index in [9.17, 15) is 13.6 Å². The molecule has 0 spiro atoms. The lowest BCUT2D eigenvalue weighted by atomic mass is 9.96. The molecule has 0 saturated carbocycles. The summed E-state index contributed by atoms with van der Waals surface area (Å²) in [5.41, 5.74) is 6.23. The molecule has 6 heteroatoms. The van der Waals surface area contributed by atoms with Crippen molar-refractivity contribution in [2.45, 2.75) is 18.6 Å². The predicted molar refractivity (Wildman–Crippen MR) is 65.7 cm³/mol. The van der Waals surface area contributed by atoms with Crippen LogP contribution in [0.1, 0.15) is 11.5 Å². The van der Waals surface area contributed by atoms with Crippen molar-refractivity contribution in [3.8, 4) is 5.75 Å². The van der Waals surface area contributed by atoms with Crippen LogP contribution in [0, 0.1) is 6.42 Å². The van der Waals surface area contributed by atoms with Gasteiger partial charge in [-0.15, -0.1) is 0 Å². The minimum Gasteiger partial charge on any atom is -0.435 e. The minimum atomic E-state index is -2.82. The van der Waals surface area contributed by atoms with Gasteiger partial charge in [-0.1, -0.05) is 12.1 Å². The van der Waals surface area contributed by atoms with Gasteiger partial charge >= 0.3 is 6.61 Å². The Morgan fingerprint density at radius 3 is 2.53 bits per heavy atom. The largest absolute Gasteiger partial charge is 0.435 e. The number of primary amides is 1. The molecule has 1 radical (unpaired) electrons. The van der Waals surface area contributed by atoms with Crippen molar-refractivity contribution in [3.05, 3.63) is 36.2 Å². The molecule has 1 aromatic carbocycles. The topological polar surface area (TPSA) is 55.6 Å². The normalized spacial score (nSPS) is 23.8. The lowest BCUT2D eigenvalue weighted by molar-refractivity contribution is -0.121. The highest BCUT2D eigenvalue weighted by Gasteiger charge is 2.34. The van der Waals surface area contributed by atoms with E-state index in [0.29, 0.717) is 6.54 Å². The quantitative estimate of drug-likeness (QED) is 0.898. The van der Waals surface area contributed by atoms with Crippen LogP contribution in [0.3, 0.4) is 0 Å². The molecule has 2 N–H and O–H groups in total. The highest BCUT2D eigenvalue weighted by atomic mass is 19.3. The SMILES string of the molecule is CN1CC(c2ccc(OC(F)F)cc2)[CH]C1C(N)=O. The van der Waals surface area contributed by atoms with Crippen molar-refractivity contribution >= 4 is 5.91 Å². The van der Waals surface area contributed by atoms with Gasteiger partial charge in [-0.2, -0.15) is 8.78 Å². The number of likely N-dealkylation sites (tertiary alicyclic amines) is 1. The maximum Gasteiger partial charge on any atom is 0.387 e. The second-order valence-electron chi connectivity index (χ2n) is 4.53. The van der Waals surface area contributed by atoms with Gasteiger partial charge in [-0.3, -0.25) is 9.69 Å². The van der Waals surface area contributed by atoms with Crippen LogP contribution in [0.15, 0.2) is 24.3 Å². The Bertz CT molecular complexity index is 450. The van der Waals surface area contributed by atoms with Gasteiger partial charge < -0.3 is 10.5 Å². The summed E-state index contributed by atoms with van der Waals surface area (Å²) in [4.78, 5) is 13.1. The second-order valence-corrected chi connectivity index (χ2v) is 4.53. The second kappa shape index (κ2) is 5.52. The fourth-order valence-corrected chi connectivity index (χ4v) is 2.28. The molecular formula is C13H15F2N2O2. The number of amides is 1. The van der Waals surface area contributed by atoms with Crippen LogP contribution in [0.5, 0.6) is 5.75 Å². The Balaban J connectivity index is 2.05. The Morgan fingerprint density at radius 1 is 1.42 bits per heavy atom. The van der Waals surface area contributed by atoms with Crippen molar-refractivity contribution in [2.24, 2.45) is 5.73 Å². The molecule has 1 amide bonds. The van der Waals surface area contributed by atoms with Crippen LogP contribution in [0.25, 0.3) is 0 Å². The van der Waals surface area contributed by atoms with Crippen LogP contribution in [0.2, 0.25) is 0 Å². The zero-order valence-electron chi connectivity index (χ0n) is 10.4. The van der Waals surface area contributed by atoms with Crippen LogP contribution >= 0.6 is 0 Å². The first-order valence-electron chi connectivity index (χ1n) is 5.86. The number of nitrogens with zero attached hydrogens (tertiary/aromatic N) is 1. The molecule has 19 heavy (non-hydrogen) atoms. The van der Waals surface area contributed by atoms with Crippen LogP contribution < -0.4 is 10.5 Å². The molecule has 2 rings (SSSR count). The molecule has 1 fully saturated rings. The van der Waals surface area contributed by atoms with E-state index in [2.05, 4.69) is 4.74 Å². The highest BCUT2D eigenvalue weighted by molar-refractivity contribution is 5.82. The van der Waals surface area contributed by atoms with Gasteiger partial charge in [0.05, 0.1) is 6.04 Å². The Labute approximate surface area is 110 Å². The van der Waals surface area contributed by atoms with E-state index in [0.717, 1.165) is 5.56 Å². The van der Waals surface area contributed by atoms with Gasteiger partial charge in [0, 0.05) is 12.5 Å². The lowest BCUT2D eigenvalue weighted by Crippen LogP contribution is -2.37. The summed E-state index contributed by atoms with van der Waals surface area (Å²) in [7, 11) is 1.82. The van der Waals surface area contributed by atoms with E-state index in [1.807, 2.05) is 18.4 Å². The van der Waals surface area contributed by atoms with Gasteiger partial charge in [0.2, 0.25) is 5.91 Å². The molecule has 1 saturated heterocycles. The summed E-state index contributed by atoms with van der Waals surface area (Å²) in [6.45, 7) is -2.16. The highest BCUT2D eigenvalue weighted by Crippen LogP contribution is 2.30. The number of carbonyl (C=O) groups is 1. The summed E-state index contributed by atoms with van der Waals surface area (Å²) in [6, 6.07) is 6.04. The molecular weight excluding hydrogens is 254 g/mol. The molecule has 2 unspecified atom stereocenters. The summed E-state index contributed by atoms with van der Waals surface area (Å²) < 4.78 is 28.3. The molecule has 2 atom stereocenters. The van der Waals surface area contributed by atoms with E-state index in [1.165, 1.54) is 12.1 Å². The molecule has 1 aliphatic rings. The smallest absolute Gasteiger partial charge is 0.387 e. The number of nitrogens with two attached hydrogens (primary N) is 1. The van der Waals surface area contributed by atoms with E-state index in [-0.39, 0.29) is 23.6 Å². The fraction of sp³-hybridized carbons (Fsp3) is 0.385. The average Bonchev–Trinajstić information content (AvgIpc) is 2.71. The number of benzene rings is 1. The van der Waals surface area contributed by atoms with Crippen molar-refractivity contribution in [3.63, 3.8) is 0 Å². The third-order valence-electron chi connectivity index (χ3n) is 3.20. The number of ether oxygens (including phenoxy) is 1. The van der Waals surface area contributed by atoms with Crippen molar-refractivity contribution in [2.75, 3.05) is 13.6 Å². The van der Waals surface area contributed by atoms with E-state index in [4.69, 9.17) is 5.73 Å². The number of carbonyl (C=O) groups excluding carboxylic acids is 1. The molecule has 103 valence electrons. The van der Waals surface area contributed by atoms with Gasteiger partial charge in [-0.05, 0) is 31.2 Å². The van der Waals surface area contributed by atoms with E-state index >= 15 is 0 Å². The zero-order chi connectivity index (χ0) is 14.0. The number of alkyl halides is 2. The van der Waals surface area contributed by atoms with Crippen LogP contribution in [-0.4, -0.2) is 37.1 Å². The molecule has 0 aliphatic carbocycles. The fourth-order valence-electron chi connectivity index (χ4n) is 2.28. The summed E-state index contributed by atoms with van der Waals surface area (Å²) in [5.74, 6) is -0.206. The Kier molecular flexibility index (Phi) is 3.99. The van der Waals surface area contributed by atoms with Crippen LogP contribution in [-0.2, 0) is 4.79 Å². The number of likely N-dealkylation sites (N-methyl/N-ethyl adjacent to an activating group) is 1. The van der Waals surface area contributed by atoms with Gasteiger partial charge in [-0.25, -0.2) is 0 Å². The molecule has 1 aliphatic heterocycles. The summed E-state index contributed by atoms with van der Waals surface area (Å²) >= 11 is 0. The van der Waals surface area contributed by atoms with Crippen molar-refractivity contribution < 1.29 is 18.3 Å². The van der Waals surface area contributed by atoms with Gasteiger partial charge in [0.1, 0.15) is 5.75 Å². The molecule has 1 aromatic rings. The number of halogens is 2. The maximum absolute atomic E-state index is 12.0. The van der Waals surface area contributed by atoms with Crippen molar-refractivity contribution in [1.29, 1.82) is 0 Å². The Morgan fingerprint density at radius 2 is 2.05 bits per heavy atom. The van der Waals surface area contributed by atoms with Gasteiger partial charge in [0.15, 0.2) is 0 Å². The standard InChI is InChI=1S/C13H15F2N2O2/c1-17-7-9(6-11(17)12(16)18)8-2-4-10(5-3-8)19-13(14)15/h2-6,9,11,13H,7H2,1H3,(H2,16,18). The number of hydrogen-bond acceptors (Lipinski definition) is 3. The van der Waals surface area contributed by atoms with E-state index < -0.39 is 6.61 Å². The summed E-state index contributed by atoms with van der Waals surface area (Å²) in [6.07, 6.45) is 1.87. The molecule has 4 nitrogen and oxygen atoms in total. The zero-order valence-corrected chi connectivity index (χ0v) is 10.4. The predicted octanol–water partition coefficient (Wildman–Crippen LogP) is 1.38. The average molecular weight is 269 g/mol. The minimum absolute atomic E-state index is 0.0584. The third kappa shape index (κ3) is 3.20. The number of hydrogen-bond donors (Lipinski definition) is 1. The molecule has 0 aromatic heterocycles. The molecule has 0 bridgehead atoms. The number of rotatable bonds is 4. The Hall–Kier alpha value is -1.69. The maximum atomic E-state index is 12.0. The first-order valence-corrected chi connectivity index (χ1v) is 5.86. The first-order chi connectivity index (χ1) is 8.97. The van der Waals surface area contributed by atoms with Gasteiger partial charge in [0.25, 0.3) is 0 Å². The monoisotopic (exact) mass is 269 g/mol. The molecule has 1 heterocycles. The van der Waals surface area contributed by atoms with E-state index in [1.54, 1.807) is 12.1 Å². The van der Waals surface area contributed by atoms with Crippen molar-refractivity contribution in [1.82, 2.24) is 4.90 Å².